The predicted molar refractivity (Wildman–Crippen MR) is 38.3 cm³/mol. The molecule has 0 aliphatic rings. The monoisotopic (exact) mass is 215 g/mol. The van der Waals surface area contributed by atoms with Crippen LogP contribution >= 0.6 is 22.9 Å². The highest BCUT2D eigenvalue weighted by molar-refractivity contribution is 14.1. The van der Waals surface area contributed by atoms with E-state index in [4.69, 9.17) is 4.74 Å². The molecule has 0 radical (unpaired) electrons. The third-order valence-corrected chi connectivity index (χ3v) is 1.57. The number of hydrogen-bond donors (Lipinski definition) is 0. The molecule has 7 heavy (non-hydrogen) atoms. The normalized spacial score (nSPS) is 10.3. The van der Waals surface area contributed by atoms with Gasteiger partial charge >= 0.3 is 0 Å². The quantitative estimate of drug-likeness (QED) is 0.399. The van der Waals surface area contributed by atoms with E-state index in [9.17, 15) is 0 Å². The van der Waals surface area contributed by atoms with Gasteiger partial charge in [0, 0.05) is 36.5 Å². The average Bonchev–Trinajstić information content (AvgIpc) is 1.68. The van der Waals surface area contributed by atoms with E-state index in [2.05, 4.69) is 32.9 Å². The zero-order valence-electron chi connectivity index (χ0n) is 4.65. The standard InChI is InChI=1S/C4H10INO/c1-3-6(5)4-7-2/h3-4H2,1-2H3. The SMILES string of the molecule is CCN(I)COC. The maximum absolute atomic E-state index is 4.81. The van der Waals surface area contributed by atoms with Gasteiger partial charge in [0.25, 0.3) is 0 Å². The molecule has 0 saturated carbocycles. The van der Waals surface area contributed by atoms with Gasteiger partial charge in [0.1, 0.15) is 6.73 Å². The van der Waals surface area contributed by atoms with Crippen molar-refractivity contribution in [3.8, 4) is 0 Å². The Morgan fingerprint density at radius 1 is 1.71 bits per heavy atom. The molecular formula is C4H10INO. The molecule has 0 spiro atoms. The second kappa shape index (κ2) is 4.80. The van der Waals surface area contributed by atoms with Gasteiger partial charge in [0.05, 0.1) is 0 Å². The van der Waals surface area contributed by atoms with Crippen molar-refractivity contribution in [1.82, 2.24) is 3.11 Å². The Hall–Kier alpha value is 0.650. The van der Waals surface area contributed by atoms with Gasteiger partial charge in [-0.2, -0.15) is 0 Å². The second-order valence-electron chi connectivity index (χ2n) is 1.20. The van der Waals surface area contributed by atoms with Crippen molar-refractivity contribution in [2.75, 3.05) is 20.4 Å². The van der Waals surface area contributed by atoms with Crippen LogP contribution in [0.15, 0.2) is 0 Å². The third-order valence-electron chi connectivity index (χ3n) is 0.612. The van der Waals surface area contributed by atoms with Gasteiger partial charge in [-0.25, -0.2) is 3.11 Å². The first kappa shape index (κ1) is 7.65. The van der Waals surface area contributed by atoms with Gasteiger partial charge in [-0.05, 0) is 0 Å². The van der Waals surface area contributed by atoms with E-state index in [0.717, 1.165) is 13.3 Å². The number of ether oxygens (including phenoxy) is 1. The van der Waals surface area contributed by atoms with Crippen LogP contribution in [0.4, 0.5) is 0 Å². The van der Waals surface area contributed by atoms with Gasteiger partial charge in [0.15, 0.2) is 0 Å². The van der Waals surface area contributed by atoms with E-state index in [1.165, 1.54) is 0 Å². The summed E-state index contributed by atoms with van der Waals surface area (Å²) in [5.41, 5.74) is 0. The minimum Gasteiger partial charge on any atom is -0.369 e. The lowest BCUT2D eigenvalue weighted by Crippen LogP contribution is -2.12. The summed E-state index contributed by atoms with van der Waals surface area (Å²) in [5.74, 6) is 0. The molecule has 0 N–H and O–H groups in total. The highest BCUT2D eigenvalue weighted by Crippen LogP contribution is 1.94. The van der Waals surface area contributed by atoms with Crippen molar-refractivity contribution in [3.63, 3.8) is 0 Å². The van der Waals surface area contributed by atoms with Crippen molar-refractivity contribution in [1.29, 1.82) is 0 Å². The van der Waals surface area contributed by atoms with Crippen LogP contribution in [-0.4, -0.2) is 23.5 Å². The van der Waals surface area contributed by atoms with Crippen LogP contribution in [0.25, 0.3) is 0 Å². The van der Waals surface area contributed by atoms with Crippen molar-refractivity contribution >= 4 is 22.9 Å². The lowest BCUT2D eigenvalue weighted by molar-refractivity contribution is 0.137. The molecule has 2 nitrogen and oxygen atoms in total. The first-order valence-electron chi connectivity index (χ1n) is 2.21. The Bertz CT molecular complexity index is 42.7. The molecule has 0 rings (SSSR count). The van der Waals surface area contributed by atoms with E-state index in [1.54, 1.807) is 7.11 Å². The highest BCUT2D eigenvalue weighted by atomic mass is 127. The fourth-order valence-corrected chi connectivity index (χ4v) is 0.510. The van der Waals surface area contributed by atoms with Gasteiger partial charge in [-0.3, -0.25) is 0 Å². The first-order chi connectivity index (χ1) is 3.31. The molecule has 0 heterocycles. The molecule has 0 atom stereocenters. The molecule has 0 aromatic carbocycles. The molecule has 0 aromatic rings. The number of nitrogens with zero attached hydrogens (tertiary/aromatic N) is 1. The Labute approximate surface area is 58.3 Å². The van der Waals surface area contributed by atoms with Crippen molar-refractivity contribution in [3.05, 3.63) is 0 Å². The van der Waals surface area contributed by atoms with Gasteiger partial charge in [-0.1, -0.05) is 6.92 Å². The molecule has 0 unspecified atom stereocenters. The van der Waals surface area contributed by atoms with E-state index >= 15 is 0 Å². The number of hydrogen-bond acceptors (Lipinski definition) is 2. The van der Waals surface area contributed by atoms with Gasteiger partial charge < -0.3 is 4.74 Å². The summed E-state index contributed by atoms with van der Waals surface area (Å²) < 4.78 is 6.87. The summed E-state index contributed by atoms with van der Waals surface area (Å²) in [4.78, 5) is 0. The summed E-state index contributed by atoms with van der Waals surface area (Å²) >= 11 is 2.21. The number of rotatable bonds is 3. The molecule has 0 aliphatic heterocycles. The summed E-state index contributed by atoms with van der Waals surface area (Å²) in [7, 11) is 1.70. The molecule has 44 valence electrons. The van der Waals surface area contributed by atoms with Crippen molar-refractivity contribution in [2.45, 2.75) is 6.92 Å². The molecule has 0 amide bonds. The van der Waals surface area contributed by atoms with Crippen molar-refractivity contribution < 1.29 is 4.74 Å². The second-order valence-corrected chi connectivity index (χ2v) is 2.56. The maximum atomic E-state index is 4.81. The smallest absolute Gasteiger partial charge is 0.107 e. The number of halogens is 1. The molecule has 0 fully saturated rings. The van der Waals surface area contributed by atoms with E-state index < -0.39 is 0 Å². The maximum Gasteiger partial charge on any atom is 0.107 e. The van der Waals surface area contributed by atoms with Crippen LogP contribution in [0.3, 0.4) is 0 Å². The first-order valence-corrected chi connectivity index (χ1v) is 3.17. The fourth-order valence-electron chi connectivity index (χ4n) is 0.231. The lowest BCUT2D eigenvalue weighted by Gasteiger charge is -2.07. The lowest BCUT2D eigenvalue weighted by atomic mass is 10.8. The van der Waals surface area contributed by atoms with E-state index in [1.807, 2.05) is 0 Å². The van der Waals surface area contributed by atoms with Crippen LogP contribution in [-0.2, 0) is 4.74 Å². The van der Waals surface area contributed by atoms with Crippen LogP contribution < -0.4 is 0 Å². The predicted octanol–water partition coefficient (Wildman–Crippen LogP) is 1.26. The van der Waals surface area contributed by atoms with Crippen LogP contribution in [0, 0.1) is 0 Å². The molecule has 0 bridgehead atoms. The van der Waals surface area contributed by atoms with E-state index in [-0.39, 0.29) is 0 Å². The Balaban J connectivity index is 2.83. The average molecular weight is 215 g/mol. The molecular weight excluding hydrogens is 205 g/mol. The minimum atomic E-state index is 0.719. The van der Waals surface area contributed by atoms with Gasteiger partial charge in [0.2, 0.25) is 0 Å². The molecule has 0 aliphatic carbocycles. The summed E-state index contributed by atoms with van der Waals surface area (Å²) in [5, 5.41) is 0. The van der Waals surface area contributed by atoms with Gasteiger partial charge in [-0.15, -0.1) is 0 Å². The zero-order valence-corrected chi connectivity index (χ0v) is 6.81. The van der Waals surface area contributed by atoms with Crippen LogP contribution in [0.5, 0.6) is 0 Å². The molecule has 0 saturated heterocycles. The molecule has 3 heteroatoms. The summed E-state index contributed by atoms with van der Waals surface area (Å²) in [6.07, 6.45) is 0. The Kier molecular flexibility index (Phi) is 5.25. The van der Waals surface area contributed by atoms with Crippen molar-refractivity contribution in [2.24, 2.45) is 0 Å². The fraction of sp³-hybridized carbons (Fsp3) is 1.00. The topological polar surface area (TPSA) is 12.5 Å². The highest BCUT2D eigenvalue weighted by Gasteiger charge is 1.89. The van der Waals surface area contributed by atoms with E-state index in [0.29, 0.717) is 0 Å². The minimum absolute atomic E-state index is 0.719. The molecule has 0 aromatic heterocycles. The number of methoxy groups -OCH3 is 1. The Morgan fingerprint density at radius 2 is 2.29 bits per heavy atom. The third kappa shape index (κ3) is 4.50. The van der Waals surface area contributed by atoms with Crippen LogP contribution in [0.2, 0.25) is 0 Å². The van der Waals surface area contributed by atoms with Crippen LogP contribution in [0.1, 0.15) is 6.92 Å². The zero-order chi connectivity index (χ0) is 5.70. The largest absolute Gasteiger partial charge is 0.369 e. The summed E-state index contributed by atoms with van der Waals surface area (Å²) in [6.45, 7) is 3.84. The summed E-state index contributed by atoms with van der Waals surface area (Å²) in [6, 6.07) is 0. The Morgan fingerprint density at radius 3 is 2.43 bits per heavy atom.